The average molecular weight is 242 g/mol. The molecule has 0 fully saturated rings. The van der Waals surface area contributed by atoms with Crippen molar-refractivity contribution < 1.29 is 9.47 Å². The van der Waals surface area contributed by atoms with E-state index in [1.807, 2.05) is 25.1 Å². The van der Waals surface area contributed by atoms with Crippen LogP contribution in [0.25, 0.3) is 0 Å². The third-order valence-corrected chi connectivity index (χ3v) is 2.50. The smallest absolute Gasteiger partial charge is 0.124 e. The average Bonchev–Trinajstić information content (AvgIpc) is 2.35. The molecule has 0 amide bonds. The van der Waals surface area contributed by atoms with Crippen molar-refractivity contribution >= 4 is 11.6 Å². The van der Waals surface area contributed by atoms with Gasteiger partial charge in [0.2, 0.25) is 0 Å². The van der Waals surface area contributed by atoms with Gasteiger partial charge in [-0.2, -0.15) is 0 Å². The molecule has 0 atom stereocenters. The van der Waals surface area contributed by atoms with Crippen molar-refractivity contribution in [3.8, 4) is 11.5 Å². The summed E-state index contributed by atoms with van der Waals surface area (Å²) < 4.78 is 10.7. The highest BCUT2D eigenvalue weighted by atomic mass is 35.5. The van der Waals surface area contributed by atoms with Gasteiger partial charge in [-0.15, -0.1) is 0 Å². The molecule has 1 aromatic carbocycles. The molecule has 1 rings (SSSR count). The number of nitrogens with two attached hydrogens (primary N) is 1. The van der Waals surface area contributed by atoms with E-state index in [2.05, 4.69) is 0 Å². The fraction of sp³-hybridized carbons (Fsp3) is 0.333. The van der Waals surface area contributed by atoms with Gasteiger partial charge in [0, 0.05) is 17.6 Å². The molecular formula is C12H16ClNO2. The van der Waals surface area contributed by atoms with Crippen molar-refractivity contribution in [2.75, 3.05) is 13.7 Å². The molecule has 0 radical (unpaired) electrons. The molecule has 0 aliphatic rings. The molecule has 0 spiro atoms. The Labute approximate surface area is 101 Å². The van der Waals surface area contributed by atoms with Crippen LogP contribution in [0.5, 0.6) is 11.5 Å². The monoisotopic (exact) mass is 241 g/mol. The first-order valence-corrected chi connectivity index (χ1v) is 5.40. The van der Waals surface area contributed by atoms with Crippen LogP contribution in [0.15, 0.2) is 29.3 Å². The number of ether oxygens (including phenoxy) is 2. The highest BCUT2D eigenvalue weighted by molar-refractivity contribution is 6.25. The lowest BCUT2D eigenvalue weighted by Crippen LogP contribution is -2.04. The summed E-state index contributed by atoms with van der Waals surface area (Å²) >= 11 is 5.55. The number of hydrogen-bond donors (Lipinski definition) is 1. The molecule has 0 bridgehead atoms. The van der Waals surface area contributed by atoms with Crippen molar-refractivity contribution in [1.29, 1.82) is 0 Å². The molecule has 88 valence electrons. The van der Waals surface area contributed by atoms with Gasteiger partial charge in [-0.25, -0.2) is 0 Å². The van der Waals surface area contributed by atoms with E-state index in [0.29, 0.717) is 13.2 Å². The molecule has 0 heterocycles. The summed E-state index contributed by atoms with van der Waals surface area (Å²) in [4.78, 5) is 0. The number of halogens is 1. The summed E-state index contributed by atoms with van der Waals surface area (Å²) in [5.74, 6) is 1.54. The third-order valence-electron chi connectivity index (χ3n) is 2.13. The Kier molecular flexibility index (Phi) is 5.15. The Bertz CT molecular complexity index is 377. The molecule has 0 aliphatic carbocycles. The second-order valence-corrected chi connectivity index (χ2v) is 3.64. The summed E-state index contributed by atoms with van der Waals surface area (Å²) in [6.45, 7) is 2.78. The van der Waals surface area contributed by atoms with Crippen LogP contribution in [0.1, 0.15) is 12.5 Å². The topological polar surface area (TPSA) is 44.5 Å². The molecule has 3 nitrogen and oxygen atoms in total. The van der Waals surface area contributed by atoms with Gasteiger partial charge in [-0.05, 0) is 30.7 Å². The largest absolute Gasteiger partial charge is 0.497 e. The standard InChI is InChI=1S/C12H16ClNO2/c1-9(6-13)8-16-12-4-3-11(15-2)5-10(12)7-14/h3-6H,7-8,14H2,1-2H3/b9-6+. The number of methoxy groups -OCH3 is 1. The fourth-order valence-corrected chi connectivity index (χ4v) is 1.27. The van der Waals surface area contributed by atoms with Crippen LogP contribution < -0.4 is 15.2 Å². The van der Waals surface area contributed by atoms with Gasteiger partial charge in [-0.3, -0.25) is 0 Å². The lowest BCUT2D eigenvalue weighted by molar-refractivity contribution is 0.347. The quantitative estimate of drug-likeness (QED) is 0.862. The minimum Gasteiger partial charge on any atom is -0.497 e. The van der Waals surface area contributed by atoms with Crippen LogP contribution in [-0.2, 0) is 6.54 Å². The van der Waals surface area contributed by atoms with Crippen LogP contribution in [-0.4, -0.2) is 13.7 Å². The summed E-state index contributed by atoms with van der Waals surface area (Å²) in [5, 5.41) is 0. The summed E-state index contributed by atoms with van der Waals surface area (Å²) in [5.41, 5.74) is 9.02. The van der Waals surface area contributed by atoms with Crippen LogP contribution in [0.4, 0.5) is 0 Å². The molecule has 1 aromatic rings. The van der Waals surface area contributed by atoms with Crippen molar-refractivity contribution in [1.82, 2.24) is 0 Å². The first kappa shape index (κ1) is 12.9. The Morgan fingerprint density at radius 3 is 2.81 bits per heavy atom. The van der Waals surface area contributed by atoms with Crippen molar-refractivity contribution in [3.63, 3.8) is 0 Å². The van der Waals surface area contributed by atoms with E-state index < -0.39 is 0 Å². The van der Waals surface area contributed by atoms with Gasteiger partial charge >= 0.3 is 0 Å². The molecule has 4 heteroatoms. The van der Waals surface area contributed by atoms with Crippen molar-refractivity contribution in [2.24, 2.45) is 5.73 Å². The minimum atomic E-state index is 0.413. The molecule has 0 aliphatic heterocycles. The molecule has 16 heavy (non-hydrogen) atoms. The molecule has 0 aromatic heterocycles. The fourth-order valence-electron chi connectivity index (χ4n) is 1.21. The second kappa shape index (κ2) is 6.40. The van der Waals surface area contributed by atoms with Gasteiger partial charge in [0.1, 0.15) is 18.1 Å². The maximum Gasteiger partial charge on any atom is 0.124 e. The van der Waals surface area contributed by atoms with Gasteiger partial charge in [0.15, 0.2) is 0 Å². The van der Waals surface area contributed by atoms with E-state index in [1.54, 1.807) is 7.11 Å². The van der Waals surface area contributed by atoms with E-state index in [0.717, 1.165) is 22.6 Å². The molecule has 0 saturated heterocycles. The molecule has 0 unspecified atom stereocenters. The Hall–Kier alpha value is -1.19. The van der Waals surface area contributed by atoms with Gasteiger partial charge in [0.05, 0.1) is 7.11 Å². The Morgan fingerprint density at radius 2 is 2.25 bits per heavy atom. The van der Waals surface area contributed by atoms with Gasteiger partial charge in [-0.1, -0.05) is 11.6 Å². The Balaban J connectivity index is 2.79. The lowest BCUT2D eigenvalue weighted by Gasteiger charge is -2.11. The first-order valence-electron chi connectivity index (χ1n) is 4.97. The summed E-state index contributed by atoms with van der Waals surface area (Å²) in [6.07, 6.45) is 0. The van der Waals surface area contributed by atoms with Crippen molar-refractivity contribution in [3.05, 3.63) is 34.9 Å². The molecule has 2 N–H and O–H groups in total. The predicted octanol–water partition coefficient (Wildman–Crippen LogP) is 2.68. The predicted molar refractivity (Wildman–Crippen MR) is 66.0 cm³/mol. The van der Waals surface area contributed by atoms with E-state index in [-0.39, 0.29) is 0 Å². The maximum atomic E-state index is 5.64. The minimum absolute atomic E-state index is 0.413. The summed E-state index contributed by atoms with van der Waals surface area (Å²) in [7, 11) is 1.62. The highest BCUT2D eigenvalue weighted by Crippen LogP contribution is 2.24. The number of benzene rings is 1. The third kappa shape index (κ3) is 3.43. The zero-order chi connectivity index (χ0) is 12.0. The molecular weight excluding hydrogens is 226 g/mol. The van der Waals surface area contributed by atoms with Crippen LogP contribution in [0.3, 0.4) is 0 Å². The van der Waals surface area contributed by atoms with Crippen LogP contribution in [0.2, 0.25) is 0 Å². The maximum absolute atomic E-state index is 5.64. The lowest BCUT2D eigenvalue weighted by atomic mass is 10.2. The van der Waals surface area contributed by atoms with E-state index in [4.69, 9.17) is 26.8 Å². The number of hydrogen-bond acceptors (Lipinski definition) is 3. The molecule has 0 saturated carbocycles. The zero-order valence-electron chi connectivity index (χ0n) is 9.50. The van der Waals surface area contributed by atoms with Crippen LogP contribution >= 0.6 is 11.6 Å². The normalized spacial score (nSPS) is 11.4. The van der Waals surface area contributed by atoms with E-state index in [9.17, 15) is 0 Å². The SMILES string of the molecule is COc1ccc(OC/C(C)=C/Cl)c(CN)c1. The zero-order valence-corrected chi connectivity index (χ0v) is 10.3. The second-order valence-electron chi connectivity index (χ2n) is 3.42. The summed E-state index contributed by atoms with van der Waals surface area (Å²) in [6, 6.07) is 5.56. The van der Waals surface area contributed by atoms with Crippen molar-refractivity contribution in [2.45, 2.75) is 13.5 Å². The van der Waals surface area contributed by atoms with Gasteiger partial charge < -0.3 is 15.2 Å². The van der Waals surface area contributed by atoms with E-state index >= 15 is 0 Å². The van der Waals surface area contributed by atoms with E-state index in [1.165, 1.54) is 5.54 Å². The Morgan fingerprint density at radius 1 is 1.50 bits per heavy atom. The van der Waals surface area contributed by atoms with Crippen LogP contribution in [0, 0.1) is 0 Å². The highest BCUT2D eigenvalue weighted by Gasteiger charge is 2.04. The van der Waals surface area contributed by atoms with Gasteiger partial charge in [0.25, 0.3) is 0 Å². The number of rotatable bonds is 5. The first-order chi connectivity index (χ1) is 7.71.